The Morgan fingerprint density at radius 2 is 2.00 bits per heavy atom. The van der Waals surface area contributed by atoms with Crippen LogP contribution in [-0.4, -0.2) is 27.0 Å². The molecule has 1 aromatic carbocycles. The van der Waals surface area contributed by atoms with E-state index in [1.807, 2.05) is 18.7 Å². The van der Waals surface area contributed by atoms with Crippen LogP contribution in [0.2, 0.25) is 0 Å². The Kier molecular flexibility index (Phi) is 6.12. The lowest BCUT2D eigenvalue weighted by atomic mass is 10.1. The molecular weight excluding hydrogens is 393 g/mol. The molecule has 0 amide bonds. The number of hydrogen-bond acceptors (Lipinski definition) is 5. The van der Waals surface area contributed by atoms with Crippen LogP contribution >= 0.6 is 11.3 Å². The normalized spacial score (nSPS) is 11.8. The van der Waals surface area contributed by atoms with Gasteiger partial charge in [-0.3, -0.25) is 9.20 Å². The predicted octanol–water partition coefficient (Wildman–Crippen LogP) is 4.11. The van der Waals surface area contributed by atoms with Gasteiger partial charge in [0.25, 0.3) is 5.56 Å². The Bertz CT molecular complexity index is 1130. The summed E-state index contributed by atoms with van der Waals surface area (Å²) >= 11 is 1.35. The number of carbonyl (C=O) groups is 1. The Morgan fingerprint density at radius 1 is 1.31 bits per heavy atom. The summed E-state index contributed by atoms with van der Waals surface area (Å²) in [6.07, 6.45) is 1.90. The van der Waals surface area contributed by atoms with Crippen molar-refractivity contribution in [1.82, 2.24) is 9.38 Å². The lowest BCUT2D eigenvalue weighted by molar-refractivity contribution is -0.132. The number of hydrogen-bond donors (Lipinski definition) is 1. The van der Waals surface area contributed by atoms with Gasteiger partial charge in [-0.15, -0.1) is 11.3 Å². The Morgan fingerprint density at radius 3 is 2.59 bits per heavy atom. The van der Waals surface area contributed by atoms with E-state index in [1.165, 1.54) is 33.9 Å². The zero-order chi connectivity index (χ0) is 21.1. The van der Waals surface area contributed by atoms with Crippen molar-refractivity contribution in [3.05, 3.63) is 68.3 Å². The molecule has 0 radical (unpaired) electrons. The first-order valence-electron chi connectivity index (χ1n) is 9.30. The number of rotatable bonds is 7. The van der Waals surface area contributed by atoms with E-state index in [4.69, 9.17) is 0 Å². The highest BCUT2D eigenvalue weighted by Gasteiger charge is 2.15. The fourth-order valence-electron chi connectivity index (χ4n) is 3.10. The third kappa shape index (κ3) is 4.37. The van der Waals surface area contributed by atoms with Crippen LogP contribution in [0.25, 0.3) is 11.0 Å². The largest absolute Gasteiger partial charge is 0.478 e. The summed E-state index contributed by atoms with van der Waals surface area (Å²) in [6.45, 7) is 6.66. The summed E-state index contributed by atoms with van der Waals surface area (Å²) in [7, 11) is 0. The SMILES string of the molecule is CC/C(=C\c1c(C)sc2nc(CN(CC)c3ccc(F)cc3)cc(=O)n12)C(=O)O. The smallest absolute Gasteiger partial charge is 0.331 e. The number of carboxylic acids is 1. The quantitative estimate of drug-likeness (QED) is 0.588. The molecule has 0 spiro atoms. The number of nitrogens with zero attached hydrogens (tertiary/aromatic N) is 3. The fourth-order valence-corrected chi connectivity index (χ4v) is 4.07. The maximum atomic E-state index is 13.2. The van der Waals surface area contributed by atoms with Crippen LogP contribution in [0.1, 0.15) is 36.5 Å². The minimum absolute atomic E-state index is 0.234. The van der Waals surface area contributed by atoms with Crippen molar-refractivity contribution in [3.63, 3.8) is 0 Å². The fraction of sp³-hybridized carbons (Fsp3) is 0.286. The number of fused-ring (bicyclic) bond motifs is 1. The Balaban J connectivity index is 2.01. The molecule has 0 saturated carbocycles. The van der Waals surface area contributed by atoms with Crippen LogP contribution < -0.4 is 10.5 Å². The summed E-state index contributed by atoms with van der Waals surface area (Å²) in [5, 5.41) is 9.30. The van der Waals surface area contributed by atoms with E-state index in [9.17, 15) is 19.1 Å². The van der Waals surface area contributed by atoms with E-state index in [0.717, 1.165) is 10.6 Å². The van der Waals surface area contributed by atoms with Crippen molar-refractivity contribution >= 4 is 34.0 Å². The van der Waals surface area contributed by atoms with Gasteiger partial charge in [0, 0.05) is 28.7 Å². The number of thiazole rings is 1. The van der Waals surface area contributed by atoms with Crippen LogP contribution in [0, 0.1) is 12.7 Å². The molecule has 0 aliphatic carbocycles. The average molecular weight is 415 g/mol. The summed E-state index contributed by atoms with van der Waals surface area (Å²) in [5.74, 6) is -1.30. The highest BCUT2D eigenvalue weighted by atomic mass is 32.1. The van der Waals surface area contributed by atoms with Crippen LogP contribution in [0.5, 0.6) is 0 Å². The molecule has 29 heavy (non-hydrogen) atoms. The third-order valence-corrected chi connectivity index (χ3v) is 5.65. The van der Waals surface area contributed by atoms with Crippen molar-refractivity contribution in [2.45, 2.75) is 33.7 Å². The zero-order valence-corrected chi connectivity index (χ0v) is 17.3. The van der Waals surface area contributed by atoms with Gasteiger partial charge in [0.15, 0.2) is 4.96 Å². The van der Waals surface area contributed by atoms with Crippen molar-refractivity contribution in [2.24, 2.45) is 0 Å². The number of benzene rings is 1. The van der Waals surface area contributed by atoms with E-state index in [1.54, 1.807) is 25.1 Å². The maximum Gasteiger partial charge on any atom is 0.331 e. The average Bonchev–Trinajstić information content (AvgIpc) is 3.00. The van der Waals surface area contributed by atoms with Gasteiger partial charge in [-0.2, -0.15) is 0 Å². The number of aryl methyl sites for hydroxylation is 1. The van der Waals surface area contributed by atoms with Crippen LogP contribution in [0.15, 0.2) is 40.7 Å². The minimum atomic E-state index is -0.998. The number of carboxylic acid groups (broad SMARTS) is 1. The molecule has 6 nitrogen and oxygen atoms in total. The monoisotopic (exact) mass is 415 g/mol. The molecule has 0 aliphatic heterocycles. The predicted molar refractivity (Wildman–Crippen MR) is 113 cm³/mol. The standard InChI is InChI=1S/C21H22FN3O3S/c1-4-14(20(27)28)10-18-13(3)29-21-23-16(11-19(26)25(18)21)12-24(5-2)17-8-6-15(22)7-9-17/h6-11H,4-5,12H2,1-3H3,(H,27,28)/b14-10+. The van der Waals surface area contributed by atoms with Crippen molar-refractivity contribution in [3.8, 4) is 0 Å². The molecule has 2 aromatic heterocycles. The molecule has 0 bridgehead atoms. The second kappa shape index (κ2) is 8.57. The number of aromatic nitrogens is 2. The first kappa shape index (κ1) is 20.7. The lowest BCUT2D eigenvalue weighted by Gasteiger charge is -2.22. The lowest BCUT2D eigenvalue weighted by Crippen LogP contribution is -2.25. The van der Waals surface area contributed by atoms with E-state index < -0.39 is 5.97 Å². The van der Waals surface area contributed by atoms with E-state index in [0.29, 0.717) is 35.9 Å². The minimum Gasteiger partial charge on any atom is -0.478 e. The Hall–Kier alpha value is -3.00. The summed E-state index contributed by atoms with van der Waals surface area (Å²) in [5.41, 5.74) is 1.98. The molecule has 0 aliphatic rings. The first-order chi connectivity index (χ1) is 13.8. The third-order valence-electron chi connectivity index (χ3n) is 4.68. The van der Waals surface area contributed by atoms with Gasteiger partial charge in [-0.1, -0.05) is 6.92 Å². The highest BCUT2D eigenvalue weighted by Crippen LogP contribution is 2.24. The molecule has 2 heterocycles. The van der Waals surface area contributed by atoms with E-state index in [2.05, 4.69) is 4.98 Å². The van der Waals surface area contributed by atoms with Gasteiger partial charge >= 0.3 is 5.97 Å². The molecule has 0 saturated heterocycles. The zero-order valence-electron chi connectivity index (χ0n) is 16.5. The molecule has 0 unspecified atom stereocenters. The number of anilines is 1. The molecule has 152 valence electrons. The van der Waals surface area contributed by atoms with Gasteiger partial charge in [-0.05, 0) is 50.6 Å². The van der Waals surface area contributed by atoms with Crippen molar-refractivity contribution in [1.29, 1.82) is 0 Å². The topological polar surface area (TPSA) is 74.9 Å². The Labute approximate surface area is 171 Å². The van der Waals surface area contributed by atoms with Gasteiger partial charge < -0.3 is 10.0 Å². The van der Waals surface area contributed by atoms with Gasteiger partial charge in [0.2, 0.25) is 0 Å². The van der Waals surface area contributed by atoms with E-state index >= 15 is 0 Å². The molecule has 3 aromatic rings. The maximum absolute atomic E-state index is 13.2. The second-order valence-electron chi connectivity index (χ2n) is 6.57. The van der Waals surface area contributed by atoms with Crippen LogP contribution in [0.4, 0.5) is 10.1 Å². The van der Waals surface area contributed by atoms with Gasteiger partial charge in [-0.25, -0.2) is 14.2 Å². The summed E-state index contributed by atoms with van der Waals surface area (Å²) in [6, 6.07) is 7.66. The second-order valence-corrected chi connectivity index (χ2v) is 7.75. The first-order valence-corrected chi connectivity index (χ1v) is 10.1. The van der Waals surface area contributed by atoms with Crippen molar-refractivity contribution < 1.29 is 14.3 Å². The van der Waals surface area contributed by atoms with Gasteiger partial charge in [0.05, 0.1) is 17.9 Å². The van der Waals surface area contributed by atoms with Crippen molar-refractivity contribution in [2.75, 3.05) is 11.4 Å². The molecule has 1 N–H and O–H groups in total. The number of halogens is 1. The molecule has 8 heteroatoms. The van der Waals surface area contributed by atoms with Gasteiger partial charge in [0.1, 0.15) is 5.82 Å². The summed E-state index contributed by atoms with van der Waals surface area (Å²) in [4.78, 5) is 32.1. The molecule has 3 rings (SSSR count). The molecular formula is C21H22FN3O3S. The van der Waals surface area contributed by atoms with Crippen LogP contribution in [-0.2, 0) is 11.3 Å². The number of aliphatic carboxylic acids is 1. The van der Waals surface area contributed by atoms with E-state index in [-0.39, 0.29) is 16.9 Å². The summed E-state index contributed by atoms with van der Waals surface area (Å²) < 4.78 is 14.7. The molecule has 0 fully saturated rings. The highest BCUT2D eigenvalue weighted by molar-refractivity contribution is 7.17. The van der Waals surface area contributed by atoms with Crippen LogP contribution in [0.3, 0.4) is 0 Å². The molecule has 0 atom stereocenters.